The summed E-state index contributed by atoms with van der Waals surface area (Å²) in [4.78, 5) is 15.1. The van der Waals surface area contributed by atoms with Crippen molar-refractivity contribution in [2.75, 3.05) is 37.0 Å². The molecule has 0 bridgehead atoms. The standard InChI is InChI=1S/C23H30N4O2/c1-16-8-9-21-19(13-16)7-5-10-26(21)15-22(28)25-23-20(14-24)17(2)18(3)27(23)11-6-12-29-4/h8-9,13H,5-7,10-12,15H2,1-4H3,(H,25,28). The molecule has 1 aliphatic rings. The van der Waals surface area contributed by atoms with Gasteiger partial charge in [-0.05, 0) is 57.2 Å². The largest absolute Gasteiger partial charge is 0.385 e. The molecular formula is C23H30N4O2. The van der Waals surface area contributed by atoms with Crippen LogP contribution >= 0.6 is 0 Å². The monoisotopic (exact) mass is 394 g/mol. The fourth-order valence-corrected chi connectivity index (χ4v) is 4.09. The van der Waals surface area contributed by atoms with Gasteiger partial charge in [-0.25, -0.2) is 0 Å². The Labute approximate surface area is 173 Å². The third-order valence-electron chi connectivity index (χ3n) is 5.71. The zero-order valence-corrected chi connectivity index (χ0v) is 17.8. The number of aryl methyl sites for hydroxylation is 2. The number of ether oxygens (including phenoxy) is 1. The Morgan fingerprint density at radius 3 is 2.83 bits per heavy atom. The molecular weight excluding hydrogens is 364 g/mol. The number of nitrogens with one attached hydrogen (secondary N) is 1. The van der Waals surface area contributed by atoms with Crippen molar-refractivity contribution in [3.05, 3.63) is 46.1 Å². The highest BCUT2D eigenvalue weighted by Crippen LogP contribution is 2.29. The molecule has 1 amide bonds. The lowest BCUT2D eigenvalue weighted by Crippen LogP contribution is -2.37. The number of hydrogen-bond acceptors (Lipinski definition) is 4. The fourth-order valence-electron chi connectivity index (χ4n) is 4.09. The molecule has 0 saturated carbocycles. The predicted molar refractivity (Wildman–Crippen MR) is 115 cm³/mol. The second-order valence-electron chi connectivity index (χ2n) is 7.75. The molecule has 0 radical (unpaired) electrons. The molecule has 0 unspecified atom stereocenters. The quantitative estimate of drug-likeness (QED) is 0.727. The van der Waals surface area contributed by atoms with E-state index in [2.05, 4.69) is 41.4 Å². The summed E-state index contributed by atoms with van der Waals surface area (Å²) < 4.78 is 7.18. The lowest BCUT2D eigenvalue weighted by Gasteiger charge is -2.31. The van der Waals surface area contributed by atoms with E-state index in [1.807, 2.05) is 18.4 Å². The molecule has 2 heterocycles. The van der Waals surface area contributed by atoms with Gasteiger partial charge in [0.15, 0.2) is 0 Å². The number of nitrogens with zero attached hydrogens (tertiary/aromatic N) is 3. The third kappa shape index (κ3) is 4.46. The predicted octanol–water partition coefficient (Wildman–Crippen LogP) is 3.71. The molecule has 1 N–H and O–H groups in total. The first-order valence-corrected chi connectivity index (χ1v) is 10.2. The molecule has 1 aliphatic heterocycles. The zero-order chi connectivity index (χ0) is 21.0. The van der Waals surface area contributed by atoms with Crippen molar-refractivity contribution in [1.82, 2.24) is 4.57 Å². The van der Waals surface area contributed by atoms with Gasteiger partial charge in [0.2, 0.25) is 5.91 Å². The van der Waals surface area contributed by atoms with Gasteiger partial charge in [0.05, 0.1) is 12.1 Å². The summed E-state index contributed by atoms with van der Waals surface area (Å²) in [6, 6.07) is 8.68. The first kappa shape index (κ1) is 20.9. The first-order chi connectivity index (χ1) is 14.0. The maximum Gasteiger partial charge on any atom is 0.245 e. The van der Waals surface area contributed by atoms with E-state index in [1.165, 1.54) is 11.1 Å². The van der Waals surface area contributed by atoms with Gasteiger partial charge in [-0.2, -0.15) is 5.26 Å². The molecule has 1 aromatic carbocycles. The van der Waals surface area contributed by atoms with Crippen LogP contribution in [0.5, 0.6) is 0 Å². The van der Waals surface area contributed by atoms with Crippen molar-refractivity contribution in [3.8, 4) is 6.07 Å². The van der Waals surface area contributed by atoms with Crippen molar-refractivity contribution in [1.29, 1.82) is 5.26 Å². The Morgan fingerprint density at radius 1 is 1.31 bits per heavy atom. The minimum atomic E-state index is -0.0968. The smallest absolute Gasteiger partial charge is 0.245 e. The molecule has 3 rings (SSSR count). The summed E-state index contributed by atoms with van der Waals surface area (Å²) >= 11 is 0. The number of methoxy groups -OCH3 is 1. The molecule has 0 atom stereocenters. The van der Waals surface area contributed by atoms with Crippen molar-refractivity contribution < 1.29 is 9.53 Å². The molecule has 6 nitrogen and oxygen atoms in total. The lowest BCUT2D eigenvalue weighted by atomic mass is 9.99. The van der Waals surface area contributed by atoms with Crippen LogP contribution in [0.3, 0.4) is 0 Å². The average molecular weight is 395 g/mol. The maximum atomic E-state index is 12.9. The van der Waals surface area contributed by atoms with Crippen LogP contribution in [0.4, 0.5) is 11.5 Å². The number of fused-ring (bicyclic) bond motifs is 1. The van der Waals surface area contributed by atoms with E-state index in [-0.39, 0.29) is 12.5 Å². The molecule has 154 valence electrons. The summed E-state index contributed by atoms with van der Waals surface area (Å²) in [7, 11) is 1.68. The van der Waals surface area contributed by atoms with E-state index in [1.54, 1.807) is 7.11 Å². The normalized spacial score (nSPS) is 13.1. The van der Waals surface area contributed by atoms with Crippen LogP contribution in [0, 0.1) is 32.1 Å². The van der Waals surface area contributed by atoms with Crippen LogP contribution < -0.4 is 10.2 Å². The van der Waals surface area contributed by atoms with Gasteiger partial charge in [-0.15, -0.1) is 0 Å². The van der Waals surface area contributed by atoms with Gasteiger partial charge in [-0.1, -0.05) is 17.7 Å². The van der Waals surface area contributed by atoms with Crippen LogP contribution in [0.15, 0.2) is 18.2 Å². The Bertz CT molecular complexity index is 939. The summed E-state index contributed by atoms with van der Waals surface area (Å²) in [5, 5.41) is 12.7. The number of amides is 1. The molecule has 1 aromatic heterocycles. The van der Waals surface area contributed by atoms with Gasteiger partial charge in [0.1, 0.15) is 11.9 Å². The molecule has 6 heteroatoms. The highest BCUT2D eigenvalue weighted by molar-refractivity contribution is 5.95. The van der Waals surface area contributed by atoms with E-state index < -0.39 is 0 Å². The fraction of sp³-hybridized carbons (Fsp3) is 0.478. The molecule has 2 aromatic rings. The number of aromatic nitrogens is 1. The Kier molecular flexibility index (Phi) is 6.60. The van der Waals surface area contributed by atoms with E-state index in [0.717, 1.165) is 42.8 Å². The van der Waals surface area contributed by atoms with Crippen molar-refractivity contribution in [3.63, 3.8) is 0 Å². The maximum absolute atomic E-state index is 12.9. The number of benzene rings is 1. The van der Waals surface area contributed by atoms with Gasteiger partial charge in [-0.3, -0.25) is 4.79 Å². The van der Waals surface area contributed by atoms with E-state index in [0.29, 0.717) is 24.5 Å². The molecule has 0 aliphatic carbocycles. The van der Waals surface area contributed by atoms with Gasteiger partial charge < -0.3 is 19.5 Å². The summed E-state index contributed by atoms with van der Waals surface area (Å²) in [5.74, 6) is 0.505. The molecule has 0 spiro atoms. The summed E-state index contributed by atoms with van der Waals surface area (Å²) in [6.07, 6.45) is 2.91. The minimum Gasteiger partial charge on any atom is -0.385 e. The highest BCUT2D eigenvalue weighted by atomic mass is 16.5. The van der Waals surface area contributed by atoms with Crippen molar-refractivity contribution in [2.45, 2.75) is 46.6 Å². The number of hydrogen-bond donors (Lipinski definition) is 1. The Hall–Kier alpha value is -2.78. The van der Waals surface area contributed by atoms with Gasteiger partial charge in [0.25, 0.3) is 0 Å². The topological polar surface area (TPSA) is 70.3 Å². The number of rotatable bonds is 7. The van der Waals surface area contributed by atoms with Crippen LogP contribution in [-0.2, 0) is 22.5 Å². The molecule has 0 saturated heterocycles. The van der Waals surface area contributed by atoms with Crippen molar-refractivity contribution in [2.24, 2.45) is 0 Å². The van der Waals surface area contributed by atoms with Crippen LogP contribution in [0.1, 0.15) is 40.8 Å². The third-order valence-corrected chi connectivity index (χ3v) is 5.71. The number of carbonyl (C=O) groups is 1. The van der Waals surface area contributed by atoms with Crippen molar-refractivity contribution >= 4 is 17.4 Å². The molecule has 29 heavy (non-hydrogen) atoms. The second kappa shape index (κ2) is 9.15. The van der Waals surface area contributed by atoms with Crippen LogP contribution in [0.25, 0.3) is 0 Å². The number of anilines is 2. The lowest BCUT2D eigenvalue weighted by molar-refractivity contribution is -0.115. The van der Waals surface area contributed by atoms with E-state index >= 15 is 0 Å². The first-order valence-electron chi connectivity index (χ1n) is 10.2. The summed E-state index contributed by atoms with van der Waals surface area (Å²) in [6.45, 7) is 8.49. The highest BCUT2D eigenvalue weighted by Gasteiger charge is 2.22. The van der Waals surface area contributed by atoms with E-state index in [9.17, 15) is 10.1 Å². The Morgan fingerprint density at radius 2 is 2.10 bits per heavy atom. The minimum absolute atomic E-state index is 0.0968. The van der Waals surface area contributed by atoms with Gasteiger partial charge in [0, 0.05) is 38.2 Å². The number of nitriles is 1. The average Bonchev–Trinajstić information content (AvgIpc) is 2.91. The SMILES string of the molecule is COCCCn1c(C)c(C)c(C#N)c1NC(=O)CN1CCCc2cc(C)ccc21. The van der Waals surface area contributed by atoms with Gasteiger partial charge >= 0.3 is 0 Å². The summed E-state index contributed by atoms with van der Waals surface area (Å²) in [5.41, 5.74) is 6.15. The van der Waals surface area contributed by atoms with Crippen LogP contribution in [-0.4, -0.2) is 37.3 Å². The van der Waals surface area contributed by atoms with E-state index in [4.69, 9.17) is 4.74 Å². The second-order valence-corrected chi connectivity index (χ2v) is 7.75. The number of carbonyl (C=O) groups excluding carboxylic acids is 1. The zero-order valence-electron chi connectivity index (χ0n) is 17.8. The van der Waals surface area contributed by atoms with Crippen LogP contribution in [0.2, 0.25) is 0 Å². The Balaban J connectivity index is 1.79. The molecule has 0 fully saturated rings.